The van der Waals surface area contributed by atoms with Gasteiger partial charge in [-0.05, 0) is 23.6 Å². The minimum Gasteiger partial charge on any atom is -0.259 e. The van der Waals surface area contributed by atoms with Crippen LogP contribution in [-0.4, -0.2) is 28.6 Å². The van der Waals surface area contributed by atoms with Gasteiger partial charge in [0.1, 0.15) is 5.01 Å². The molecule has 4 aromatic heterocycles. The van der Waals surface area contributed by atoms with Crippen molar-refractivity contribution in [2.75, 3.05) is 0 Å². The smallest absolute Gasteiger partial charge is 0.259 e. The van der Waals surface area contributed by atoms with E-state index in [0.29, 0.717) is 16.7 Å². The number of pyridine rings is 1. The topological polar surface area (TPSA) is 101 Å². The van der Waals surface area contributed by atoms with Gasteiger partial charge in [-0.1, -0.05) is 6.07 Å². The van der Waals surface area contributed by atoms with Gasteiger partial charge >= 0.3 is 0 Å². The first-order valence-electron chi connectivity index (χ1n) is 6.90. The van der Waals surface area contributed by atoms with Gasteiger partial charge in [-0.25, -0.2) is 23.1 Å². The summed E-state index contributed by atoms with van der Waals surface area (Å²) in [4.78, 5) is 9.57. The molecule has 4 aromatic rings. The SMILES string of the molecule is O=S(=O)(NCc1csc(-c2cccs2)n1)c1n[nH]c2ncccc12. The van der Waals surface area contributed by atoms with Crippen molar-refractivity contribution >= 4 is 43.7 Å². The molecular weight excluding hydrogens is 366 g/mol. The van der Waals surface area contributed by atoms with Crippen molar-refractivity contribution in [3.05, 3.63) is 46.9 Å². The first-order chi connectivity index (χ1) is 11.6. The molecular formula is C14H11N5O2S3. The van der Waals surface area contributed by atoms with Gasteiger partial charge in [0.05, 0.1) is 22.5 Å². The van der Waals surface area contributed by atoms with Crippen LogP contribution in [0.1, 0.15) is 5.69 Å². The average Bonchev–Trinajstić information content (AvgIpc) is 3.31. The zero-order valence-corrected chi connectivity index (χ0v) is 14.6. The van der Waals surface area contributed by atoms with Gasteiger partial charge < -0.3 is 0 Å². The first-order valence-corrected chi connectivity index (χ1v) is 10.1. The summed E-state index contributed by atoms with van der Waals surface area (Å²) in [5, 5.41) is 11.6. The number of hydrogen-bond donors (Lipinski definition) is 2. The van der Waals surface area contributed by atoms with E-state index in [9.17, 15) is 8.42 Å². The van der Waals surface area contributed by atoms with E-state index in [-0.39, 0.29) is 11.6 Å². The molecule has 0 saturated heterocycles. The molecule has 4 rings (SSSR count). The van der Waals surface area contributed by atoms with Gasteiger partial charge in [-0.15, -0.1) is 22.7 Å². The van der Waals surface area contributed by atoms with Crippen LogP contribution in [0.4, 0.5) is 0 Å². The molecule has 0 amide bonds. The Hall–Kier alpha value is -2.14. The molecule has 0 radical (unpaired) electrons. The van der Waals surface area contributed by atoms with Gasteiger partial charge in [-0.2, -0.15) is 5.10 Å². The monoisotopic (exact) mass is 377 g/mol. The van der Waals surface area contributed by atoms with Crippen molar-refractivity contribution in [1.82, 2.24) is 24.9 Å². The molecule has 10 heteroatoms. The lowest BCUT2D eigenvalue weighted by Gasteiger charge is -2.02. The number of rotatable bonds is 5. The Morgan fingerprint density at radius 3 is 2.96 bits per heavy atom. The van der Waals surface area contributed by atoms with E-state index in [1.54, 1.807) is 29.7 Å². The Morgan fingerprint density at radius 1 is 1.21 bits per heavy atom. The molecule has 4 heterocycles. The number of nitrogens with one attached hydrogen (secondary N) is 2. The normalized spacial score (nSPS) is 12.0. The summed E-state index contributed by atoms with van der Waals surface area (Å²) in [5.74, 6) is 0. The second kappa shape index (κ2) is 6.06. The Bertz CT molecular complexity index is 1080. The molecule has 7 nitrogen and oxygen atoms in total. The number of aromatic amines is 1. The molecule has 24 heavy (non-hydrogen) atoms. The van der Waals surface area contributed by atoms with Crippen molar-refractivity contribution in [2.24, 2.45) is 0 Å². The predicted molar refractivity (Wildman–Crippen MR) is 93.3 cm³/mol. The molecule has 0 aliphatic carbocycles. The second-order valence-electron chi connectivity index (χ2n) is 4.87. The number of sulfonamides is 1. The lowest BCUT2D eigenvalue weighted by Crippen LogP contribution is -2.24. The zero-order chi connectivity index (χ0) is 16.6. The highest BCUT2D eigenvalue weighted by Crippen LogP contribution is 2.28. The quantitative estimate of drug-likeness (QED) is 0.557. The number of hydrogen-bond acceptors (Lipinski definition) is 7. The minimum absolute atomic E-state index is 0.0562. The summed E-state index contributed by atoms with van der Waals surface area (Å²) in [5.41, 5.74) is 1.11. The maximum absolute atomic E-state index is 12.5. The standard InChI is InChI=1S/C14H11N5O2S3/c20-24(21,14-10-3-1-5-15-12(10)18-19-14)16-7-9-8-23-13(17-9)11-4-2-6-22-11/h1-6,8,16H,7H2,(H,15,18,19). The van der Waals surface area contributed by atoms with Crippen molar-refractivity contribution in [1.29, 1.82) is 0 Å². The number of aromatic nitrogens is 4. The highest BCUT2D eigenvalue weighted by atomic mass is 32.2. The number of thiophene rings is 1. The molecule has 122 valence electrons. The van der Waals surface area contributed by atoms with E-state index in [4.69, 9.17) is 0 Å². The third kappa shape index (κ3) is 2.84. The lowest BCUT2D eigenvalue weighted by molar-refractivity contribution is 0.577. The van der Waals surface area contributed by atoms with E-state index in [1.165, 1.54) is 11.3 Å². The molecule has 0 saturated carbocycles. The summed E-state index contributed by atoms with van der Waals surface area (Å²) in [6.45, 7) is 0.110. The molecule has 0 aliphatic rings. The fraction of sp³-hybridized carbons (Fsp3) is 0.0714. The number of fused-ring (bicyclic) bond motifs is 1. The summed E-state index contributed by atoms with van der Waals surface area (Å²) >= 11 is 3.09. The number of nitrogens with zero attached hydrogens (tertiary/aromatic N) is 3. The maximum atomic E-state index is 12.5. The average molecular weight is 377 g/mol. The van der Waals surface area contributed by atoms with Crippen molar-refractivity contribution in [2.45, 2.75) is 11.6 Å². The molecule has 2 N–H and O–H groups in total. The van der Waals surface area contributed by atoms with Crippen LogP contribution in [0, 0.1) is 0 Å². The van der Waals surface area contributed by atoms with Gasteiger partial charge in [0.25, 0.3) is 10.0 Å². The summed E-state index contributed by atoms with van der Waals surface area (Å²) in [7, 11) is -3.75. The largest absolute Gasteiger partial charge is 0.260 e. The Labute approximate surface area is 145 Å². The fourth-order valence-electron chi connectivity index (χ4n) is 2.17. The fourth-order valence-corrected chi connectivity index (χ4v) is 4.90. The number of thiazole rings is 1. The van der Waals surface area contributed by atoms with E-state index >= 15 is 0 Å². The van der Waals surface area contributed by atoms with Crippen LogP contribution < -0.4 is 4.72 Å². The van der Waals surface area contributed by atoms with Crippen molar-refractivity contribution in [3.63, 3.8) is 0 Å². The van der Waals surface area contributed by atoms with Crippen LogP contribution in [-0.2, 0) is 16.6 Å². The number of H-pyrrole nitrogens is 1. The minimum atomic E-state index is -3.75. The van der Waals surface area contributed by atoms with Crippen LogP contribution in [0.2, 0.25) is 0 Å². The van der Waals surface area contributed by atoms with Crippen LogP contribution in [0.15, 0.2) is 46.2 Å². The van der Waals surface area contributed by atoms with Gasteiger partial charge in [0.15, 0.2) is 5.65 Å². The predicted octanol–water partition coefficient (Wildman–Crippen LogP) is 2.62. The molecule has 0 fully saturated rings. The van der Waals surface area contributed by atoms with Gasteiger partial charge in [0.2, 0.25) is 5.03 Å². The van der Waals surface area contributed by atoms with Crippen LogP contribution >= 0.6 is 22.7 Å². The third-order valence-electron chi connectivity index (χ3n) is 3.28. The van der Waals surface area contributed by atoms with Gasteiger partial charge in [0, 0.05) is 11.6 Å². The molecule has 0 spiro atoms. The van der Waals surface area contributed by atoms with E-state index in [2.05, 4.69) is 24.9 Å². The first kappa shape index (κ1) is 15.4. The van der Waals surface area contributed by atoms with E-state index < -0.39 is 10.0 Å². The van der Waals surface area contributed by atoms with Crippen LogP contribution in [0.25, 0.3) is 20.9 Å². The third-order valence-corrected chi connectivity index (χ3v) is 6.56. The maximum Gasteiger partial charge on any atom is 0.260 e. The highest BCUT2D eigenvalue weighted by molar-refractivity contribution is 7.89. The summed E-state index contributed by atoms with van der Waals surface area (Å²) in [6, 6.07) is 7.28. The Morgan fingerprint density at radius 2 is 2.12 bits per heavy atom. The Kier molecular flexibility index (Phi) is 3.88. The van der Waals surface area contributed by atoms with E-state index in [0.717, 1.165) is 9.88 Å². The summed E-state index contributed by atoms with van der Waals surface area (Å²) in [6.07, 6.45) is 1.58. The van der Waals surface area contributed by atoms with E-state index in [1.807, 2.05) is 22.9 Å². The molecule has 0 aromatic carbocycles. The molecule has 0 atom stereocenters. The molecule has 0 unspecified atom stereocenters. The molecule has 0 bridgehead atoms. The van der Waals surface area contributed by atoms with Crippen LogP contribution in [0.5, 0.6) is 0 Å². The zero-order valence-electron chi connectivity index (χ0n) is 12.1. The van der Waals surface area contributed by atoms with Gasteiger partial charge in [-0.3, -0.25) is 5.10 Å². The highest BCUT2D eigenvalue weighted by Gasteiger charge is 2.21. The van der Waals surface area contributed by atoms with Crippen molar-refractivity contribution < 1.29 is 8.42 Å². The van der Waals surface area contributed by atoms with Crippen LogP contribution in [0.3, 0.4) is 0 Å². The lowest BCUT2D eigenvalue weighted by atomic mass is 10.4. The second-order valence-corrected chi connectivity index (χ2v) is 8.36. The molecule has 0 aliphatic heterocycles. The summed E-state index contributed by atoms with van der Waals surface area (Å²) < 4.78 is 27.5. The van der Waals surface area contributed by atoms with Crippen molar-refractivity contribution in [3.8, 4) is 9.88 Å². The Balaban J connectivity index is 1.55.